The molecule has 0 atom stereocenters. The first-order valence-corrected chi connectivity index (χ1v) is 9.68. The van der Waals surface area contributed by atoms with Crippen LogP contribution < -0.4 is 10.5 Å². The van der Waals surface area contributed by atoms with Gasteiger partial charge in [0.1, 0.15) is 0 Å². The number of nitrogens with zero attached hydrogens (tertiary/aromatic N) is 3. The predicted molar refractivity (Wildman–Crippen MR) is 106 cm³/mol. The highest BCUT2D eigenvalue weighted by molar-refractivity contribution is 7.14. The summed E-state index contributed by atoms with van der Waals surface area (Å²) >= 11 is 1.18. The molecule has 0 N–H and O–H groups in total. The van der Waals surface area contributed by atoms with Crippen LogP contribution in [-0.4, -0.2) is 15.5 Å². The van der Waals surface area contributed by atoms with Crippen molar-refractivity contribution in [3.63, 3.8) is 0 Å². The lowest BCUT2D eigenvalue weighted by Crippen LogP contribution is -2.23. The molecule has 9 heteroatoms. The van der Waals surface area contributed by atoms with Crippen molar-refractivity contribution in [2.24, 2.45) is 0 Å². The number of aromatic nitrogens is 2. The Morgan fingerprint density at radius 1 is 1.17 bits per heavy atom. The molecule has 1 aromatic carbocycles. The molecular weight excluding hydrogens is 403 g/mol. The summed E-state index contributed by atoms with van der Waals surface area (Å²) in [4.78, 5) is 29.9. The number of benzene rings is 1. The average Bonchev–Trinajstić information content (AvgIpc) is 3.11. The number of pyridine rings is 1. The molecule has 3 aromatic rings. The second kappa shape index (κ2) is 8.20. The summed E-state index contributed by atoms with van der Waals surface area (Å²) in [6, 6.07) is 9.11. The van der Waals surface area contributed by atoms with Crippen LogP contribution in [0.1, 0.15) is 30.7 Å². The zero-order valence-electron chi connectivity index (χ0n) is 15.7. The molecule has 0 saturated carbocycles. The quantitative estimate of drug-likeness (QED) is 0.604. The summed E-state index contributed by atoms with van der Waals surface area (Å²) in [5.41, 5.74) is 0.691. The minimum Gasteiger partial charge on any atom is -0.309 e. The van der Waals surface area contributed by atoms with Crippen molar-refractivity contribution in [3.8, 4) is 0 Å². The van der Waals surface area contributed by atoms with Gasteiger partial charge in [0.2, 0.25) is 5.91 Å². The summed E-state index contributed by atoms with van der Waals surface area (Å²) in [6.07, 6.45) is -2.90. The highest BCUT2D eigenvalue weighted by atomic mass is 32.1. The summed E-state index contributed by atoms with van der Waals surface area (Å²) in [5, 5.41) is 2.01. The van der Waals surface area contributed by atoms with E-state index in [0.717, 1.165) is 34.9 Å². The van der Waals surface area contributed by atoms with Crippen molar-refractivity contribution in [2.75, 3.05) is 4.90 Å². The highest BCUT2D eigenvalue weighted by Crippen LogP contribution is 2.30. The van der Waals surface area contributed by atoms with Gasteiger partial charge in [-0.05, 0) is 30.2 Å². The molecule has 0 unspecified atom stereocenters. The molecule has 5 nitrogen and oxygen atoms in total. The van der Waals surface area contributed by atoms with E-state index in [0.29, 0.717) is 16.5 Å². The van der Waals surface area contributed by atoms with E-state index in [1.54, 1.807) is 5.38 Å². The van der Waals surface area contributed by atoms with Crippen LogP contribution in [0.2, 0.25) is 0 Å². The minimum atomic E-state index is -4.54. The molecule has 0 aliphatic heterocycles. The summed E-state index contributed by atoms with van der Waals surface area (Å²) in [6.45, 7) is 3.31. The van der Waals surface area contributed by atoms with Gasteiger partial charge in [0.15, 0.2) is 5.13 Å². The van der Waals surface area contributed by atoms with Crippen molar-refractivity contribution < 1.29 is 18.0 Å². The smallest absolute Gasteiger partial charge is 0.309 e. The Balaban J connectivity index is 1.89. The molecule has 0 bridgehead atoms. The molecular formula is C20H18F3N3O2S. The van der Waals surface area contributed by atoms with E-state index in [1.807, 2.05) is 31.2 Å². The molecule has 0 saturated heterocycles. The maximum absolute atomic E-state index is 12.9. The number of thiazole rings is 1. The number of hydrogen-bond acceptors (Lipinski definition) is 4. The molecule has 29 heavy (non-hydrogen) atoms. The van der Waals surface area contributed by atoms with Gasteiger partial charge in [-0.15, -0.1) is 11.3 Å². The first-order chi connectivity index (χ1) is 13.7. The fourth-order valence-electron chi connectivity index (χ4n) is 2.78. The lowest BCUT2D eigenvalue weighted by molar-refractivity contribution is -0.138. The minimum absolute atomic E-state index is 0.125. The first-order valence-electron chi connectivity index (χ1n) is 8.80. The number of halogens is 3. The van der Waals surface area contributed by atoms with Crippen molar-refractivity contribution >= 4 is 28.1 Å². The van der Waals surface area contributed by atoms with Crippen LogP contribution >= 0.6 is 11.3 Å². The number of hydrogen-bond donors (Lipinski definition) is 0. The van der Waals surface area contributed by atoms with E-state index < -0.39 is 17.3 Å². The van der Waals surface area contributed by atoms with E-state index in [9.17, 15) is 22.8 Å². The Hall–Kier alpha value is -2.94. The largest absolute Gasteiger partial charge is 0.417 e. The maximum atomic E-state index is 12.9. The zero-order valence-corrected chi connectivity index (χ0v) is 16.5. The van der Waals surface area contributed by atoms with Gasteiger partial charge in [0.05, 0.1) is 23.5 Å². The normalized spacial score (nSPS) is 11.5. The van der Waals surface area contributed by atoms with Gasteiger partial charge in [0.25, 0.3) is 5.56 Å². The van der Waals surface area contributed by atoms with Gasteiger partial charge in [-0.1, -0.05) is 19.1 Å². The number of anilines is 2. The fraction of sp³-hybridized carbons (Fsp3) is 0.250. The van der Waals surface area contributed by atoms with E-state index >= 15 is 0 Å². The Kier molecular flexibility index (Phi) is 5.88. The third kappa shape index (κ3) is 4.73. The van der Waals surface area contributed by atoms with Crippen LogP contribution in [0.5, 0.6) is 0 Å². The van der Waals surface area contributed by atoms with Crippen LogP contribution in [0.15, 0.2) is 52.8 Å². The molecule has 1 amide bonds. The van der Waals surface area contributed by atoms with Gasteiger partial charge in [-0.25, -0.2) is 4.98 Å². The Labute approximate surface area is 169 Å². The van der Waals surface area contributed by atoms with Crippen molar-refractivity contribution in [1.82, 2.24) is 9.55 Å². The van der Waals surface area contributed by atoms with Crippen LogP contribution in [0.3, 0.4) is 0 Å². The second-order valence-electron chi connectivity index (χ2n) is 6.38. The van der Waals surface area contributed by atoms with Gasteiger partial charge in [-0.2, -0.15) is 13.2 Å². The fourth-order valence-corrected chi connectivity index (χ4v) is 3.65. The van der Waals surface area contributed by atoms with Crippen LogP contribution in [0.4, 0.5) is 24.0 Å². The molecule has 0 aliphatic rings. The topological polar surface area (TPSA) is 55.2 Å². The van der Waals surface area contributed by atoms with E-state index in [2.05, 4.69) is 4.98 Å². The SMILES string of the molecule is CCc1ccc(N(C(C)=O)c2nc(Cn3cc(C(F)(F)F)ccc3=O)cs2)cc1. The van der Waals surface area contributed by atoms with Crippen molar-refractivity contribution in [2.45, 2.75) is 33.0 Å². The van der Waals surface area contributed by atoms with E-state index in [4.69, 9.17) is 0 Å². The Morgan fingerprint density at radius 2 is 1.86 bits per heavy atom. The van der Waals surface area contributed by atoms with Crippen molar-refractivity contribution in [1.29, 1.82) is 0 Å². The summed E-state index contributed by atoms with van der Waals surface area (Å²) in [5.74, 6) is -0.244. The number of carbonyl (C=O) groups excluding carboxylic acids is 1. The number of aryl methyl sites for hydroxylation is 1. The maximum Gasteiger partial charge on any atom is 0.417 e. The highest BCUT2D eigenvalue weighted by Gasteiger charge is 2.31. The third-order valence-corrected chi connectivity index (χ3v) is 5.17. The van der Waals surface area contributed by atoms with Crippen LogP contribution in [0.25, 0.3) is 0 Å². The summed E-state index contributed by atoms with van der Waals surface area (Å²) in [7, 11) is 0. The number of rotatable bonds is 5. The number of alkyl halides is 3. The molecule has 2 heterocycles. The first kappa shape index (κ1) is 20.8. The zero-order chi connectivity index (χ0) is 21.2. The molecule has 3 rings (SSSR count). The molecule has 0 fully saturated rings. The molecule has 2 aromatic heterocycles. The lowest BCUT2D eigenvalue weighted by Gasteiger charge is -2.18. The molecule has 0 spiro atoms. The molecule has 0 aliphatic carbocycles. The van der Waals surface area contributed by atoms with Crippen molar-refractivity contribution in [3.05, 3.63) is 75.1 Å². The van der Waals surface area contributed by atoms with Crippen LogP contribution in [0, 0.1) is 0 Å². The van der Waals surface area contributed by atoms with E-state index in [-0.39, 0.29) is 12.5 Å². The second-order valence-corrected chi connectivity index (χ2v) is 7.21. The third-order valence-electron chi connectivity index (χ3n) is 4.29. The predicted octanol–water partition coefficient (Wildman–Crippen LogP) is 4.62. The standard InChI is InChI=1S/C20H18F3N3O2S/c1-3-14-4-7-17(8-5-14)26(13(2)27)19-24-16(12-29-19)11-25-10-15(20(21,22)23)6-9-18(25)28/h4-10,12H,3,11H2,1-2H3. The Morgan fingerprint density at radius 3 is 2.45 bits per heavy atom. The number of carbonyl (C=O) groups is 1. The lowest BCUT2D eigenvalue weighted by atomic mass is 10.1. The van der Waals surface area contributed by atoms with Gasteiger partial charge >= 0.3 is 6.18 Å². The summed E-state index contributed by atoms with van der Waals surface area (Å²) < 4.78 is 39.7. The Bertz CT molecular complexity index is 1070. The molecule has 0 radical (unpaired) electrons. The van der Waals surface area contributed by atoms with Gasteiger partial charge < -0.3 is 4.57 Å². The van der Waals surface area contributed by atoms with Gasteiger partial charge in [0, 0.05) is 24.6 Å². The average molecular weight is 421 g/mol. The van der Waals surface area contributed by atoms with Gasteiger partial charge in [-0.3, -0.25) is 14.5 Å². The number of amides is 1. The molecule has 152 valence electrons. The monoisotopic (exact) mass is 421 g/mol. The van der Waals surface area contributed by atoms with E-state index in [1.165, 1.54) is 23.2 Å². The van der Waals surface area contributed by atoms with Crippen LogP contribution in [-0.2, 0) is 23.9 Å².